The Hall–Kier alpha value is -1.89. The Labute approximate surface area is 186 Å². The van der Waals surface area contributed by atoms with E-state index in [1.165, 1.54) is 16.9 Å². The number of rotatable bonds is 5. The molecule has 7 heteroatoms. The fourth-order valence-corrected chi connectivity index (χ4v) is 7.07. The number of sulfone groups is 1. The normalized spacial score (nSPS) is 18.2. The van der Waals surface area contributed by atoms with Crippen molar-refractivity contribution < 1.29 is 13.2 Å². The van der Waals surface area contributed by atoms with Crippen LogP contribution in [-0.2, 0) is 16.4 Å². The lowest BCUT2D eigenvalue weighted by Gasteiger charge is -2.28. The van der Waals surface area contributed by atoms with E-state index in [2.05, 4.69) is 26.0 Å². The lowest BCUT2D eigenvalue weighted by atomic mass is 10.0. The number of halogens is 1. The van der Waals surface area contributed by atoms with E-state index in [0.29, 0.717) is 28.8 Å². The molecular formula is C23H24ClNO3S2. The van der Waals surface area contributed by atoms with Gasteiger partial charge in [-0.25, -0.2) is 8.42 Å². The molecule has 0 saturated carbocycles. The van der Waals surface area contributed by atoms with Gasteiger partial charge >= 0.3 is 0 Å². The van der Waals surface area contributed by atoms with Crippen LogP contribution in [0.15, 0.2) is 48.5 Å². The Morgan fingerprint density at radius 1 is 1.17 bits per heavy atom. The quantitative estimate of drug-likeness (QED) is 0.503. The molecule has 4 rings (SSSR count). The van der Waals surface area contributed by atoms with E-state index in [9.17, 15) is 13.2 Å². The number of hydrogen-bond donors (Lipinski definition) is 0. The number of amides is 1. The predicted molar refractivity (Wildman–Crippen MR) is 124 cm³/mol. The first-order valence-electron chi connectivity index (χ1n) is 10.0. The summed E-state index contributed by atoms with van der Waals surface area (Å²) in [5.74, 6) is 0.351. The summed E-state index contributed by atoms with van der Waals surface area (Å²) in [5, 5.41) is 1.30. The summed E-state index contributed by atoms with van der Waals surface area (Å²) < 4.78 is 25.2. The molecule has 0 spiro atoms. The highest BCUT2D eigenvalue weighted by molar-refractivity contribution is 7.91. The van der Waals surface area contributed by atoms with E-state index in [-0.39, 0.29) is 23.5 Å². The zero-order valence-corrected chi connectivity index (χ0v) is 19.4. The molecule has 1 saturated heterocycles. The fourth-order valence-electron chi connectivity index (χ4n) is 3.87. The van der Waals surface area contributed by atoms with Crippen molar-refractivity contribution in [2.45, 2.75) is 38.8 Å². The van der Waals surface area contributed by atoms with Gasteiger partial charge in [0.25, 0.3) is 5.91 Å². The van der Waals surface area contributed by atoms with Crippen LogP contribution in [0.2, 0.25) is 5.02 Å². The van der Waals surface area contributed by atoms with Crippen LogP contribution >= 0.6 is 22.9 Å². The maximum Gasteiger partial charge on any atom is 0.266 e. The van der Waals surface area contributed by atoms with Gasteiger partial charge in [0, 0.05) is 22.7 Å². The second-order valence-corrected chi connectivity index (χ2v) is 11.8. The van der Waals surface area contributed by atoms with Crippen molar-refractivity contribution >= 4 is 48.8 Å². The summed E-state index contributed by atoms with van der Waals surface area (Å²) in [6, 6.07) is 15.5. The highest BCUT2D eigenvalue weighted by Crippen LogP contribution is 2.37. The Morgan fingerprint density at radius 2 is 1.87 bits per heavy atom. The molecule has 0 radical (unpaired) electrons. The van der Waals surface area contributed by atoms with Crippen LogP contribution in [0.5, 0.6) is 0 Å². The Morgan fingerprint density at radius 3 is 2.47 bits per heavy atom. The standard InChI is InChI=1S/C23H24ClNO3S2/c1-15(2)17-9-7-16(8-10-17)13-25(18-11-12-30(27,28)14-18)23(26)22-21(24)19-5-3-4-6-20(19)29-22/h3-10,15,18H,11-14H2,1-2H3/t18-/m0/s1. The molecule has 0 unspecified atom stereocenters. The third-order valence-electron chi connectivity index (χ3n) is 5.64. The molecule has 2 heterocycles. The predicted octanol–water partition coefficient (Wildman–Crippen LogP) is 5.51. The first-order valence-corrected chi connectivity index (χ1v) is 13.0. The van der Waals surface area contributed by atoms with Crippen molar-refractivity contribution in [3.63, 3.8) is 0 Å². The second kappa shape index (κ2) is 8.33. The van der Waals surface area contributed by atoms with Gasteiger partial charge in [-0.15, -0.1) is 11.3 Å². The zero-order chi connectivity index (χ0) is 21.5. The van der Waals surface area contributed by atoms with Crippen molar-refractivity contribution in [1.29, 1.82) is 0 Å². The van der Waals surface area contributed by atoms with Gasteiger partial charge in [-0.2, -0.15) is 0 Å². The molecule has 0 N–H and O–H groups in total. The lowest BCUT2D eigenvalue weighted by Crippen LogP contribution is -2.40. The highest BCUT2D eigenvalue weighted by atomic mass is 35.5. The average Bonchev–Trinajstić information content (AvgIpc) is 3.25. The lowest BCUT2D eigenvalue weighted by molar-refractivity contribution is 0.0686. The number of fused-ring (bicyclic) bond motifs is 1. The summed E-state index contributed by atoms with van der Waals surface area (Å²) in [7, 11) is -3.12. The van der Waals surface area contributed by atoms with Crippen LogP contribution in [0.1, 0.15) is 47.0 Å². The van der Waals surface area contributed by atoms with E-state index < -0.39 is 9.84 Å². The summed E-state index contributed by atoms with van der Waals surface area (Å²) >= 11 is 7.93. The van der Waals surface area contributed by atoms with E-state index in [1.807, 2.05) is 36.4 Å². The topological polar surface area (TPSA) is 54.5 Å². The third-order valence-corrected chi connectivity index (χ3v) is 9.05. The Kier molecular flexibility index (Phi) is 5.93. The van der Waals surface area contributed by atoms with Crippen molar-refractivity contribution in [3.05, 3.63) is 69.6 Å². The minimum absolute atomic E-state index is 0.00529. The minimum atomic E-state index is -3.12. The summed E-state index contributed by atoms with van der Waals surface area (Å²) in [4.78, 5) is 15.7. The van der Waals surface area contributed by atoms with Crippen molar-refractivity contribution in [1.82, 2.24) is 4.90 Å². The molecule has 1 fully saturated rings. The van der Waals surface area contributed by atoms with Gasteiger partial charge < -0.3 is 4.90 Å². The van der Waals surface area contributed by atoms with Gasteiger partial charge in [0.15, 0.2) is 9.84 Å². The number of carbonyl (C=O) groups excluding carboxylic acids is 1. The zero-order valence-electron chi connectivity index (χ0n) is 17.0. The summed E-state index contributed by atoms with van der Waals surface area (Å²) in [6.45, 7) is 4.64. The summed E-state index contributed by atoms with van der Waals surface area (Å²) in [5.41, 5.74) is 2.21. The van der Waals surface area contributed by atoms with Crippen molar-refractivity contribution in [3.8, 4) is 0 Å². The molecule has 1 aliphatic heterocycles. The first kappa shape index (κ1) is 21.3. The molecule has 1 amide bonds. The maximum atomic E-state index is 13.6. The van der Waals surface area contributed by atoms with Gasteiger partial charge in [-0.3, -0.25) is 4.79 Å². The van der Waals surface area contributed by atoms with Crippen molar-refractivity contribution in [2.75, 3.05) is 11.5 Å². The third kappa shape index (κ3) is 4.27. The number of carbonyl (C=O) groups is 1. The van der Waals surface area contributed by atoms with Gasteiger partial charge in [0.1, 0.15) is 4.88 Å². The Balaban J connectivity index is 1.69. The molecule has 0 aliphatic carbocycles. The van der Waals surface area contributed by atoms with Gasteiger partial charge in [0.2, 0.25) is 0 Å². The van der Waals surface area contributed by atoms with Crippen LogP contribution in [0.25, 0.3) is 10.1 Å². The van der Waals surface area contributed by atoms with E-state index in [0.717, 1.165) is 15.6 Å². The molecule has 30 heavy (non-hydrogen) atoms. The second-order valence-electron chi connectivity index (χ2n) is 8.13. The monoisotopic (exact) mass is 461 g/mol. The number of benzene rings is 2. The van der Waals surface area contributed by atoms with Crippen LogP contribution in [0.4, 0.5) is 0 Å². The SMILES string of the molecule is CC(C)c1ccc(CN(C(=O)c2sc3ccccc3c2Cl)[C@H]2CCS(=O)(=O)C2)cc1. The molecule has 4 nitrogen and oxygen atoms in total. The van der Waals surface area contributed by atoms with Crippen LogP contribution in [0, 0.1) is 0 Å². The van der Waals surface area contributed by atoms with Gasteiger partial charge in [0.05, 0.1) is 16.5 Å². The molecule has 1 aromatic heterocycles. The van der Waals surface area contributed by atoms with Crippen molar-refractivity contribution in [2.24, 2.45) is 0 Å². The first-order chi connectivity index (χ1) is 14.2. The van der Waals surface area contributed by atoms with Gasteiger partial charge in [-0.05, 0) is 29.5 Å². The summed E-state index contributed by atoms with van der Waals surface area (Å²) in [6.07, 6.45) is 0.459. The molecule has 2 aromatic carbocycles. The smallest absolute Gasteiger partial charge is 0.266 e. The Bertz CT molecular complexity index is 1180. The molecular weight excluding hydrogens is 438 g/mol. The molecule has 3 aromatic rings. The maximum absolute atomic E-state index is 13.6. The fraction of sp³-hybridized carbons (Fsp3) is 0.348. The molecule has 1 atom stereocenters. The van der Waals surface area contributed by atoms with Crippen LogP contribution in [-0.4, -0.2) is 36.8 Å². The largest absolute Gasteiger partial charge is 0.330 e. The molecule has 158 valence electrons. The van der Waals surface area contributed by atoms with Gasteiger partial charge in [-0.1, -0.05) is 67.9 Å². The molecule has 0 bridgehead atoms. The molecule has 1 aliphatic rings. The number of hydrogen-bond acceptors (Lipinski definition) is 4. The number of thiophene rings is 1. The minimum Gasteiger partial charge on any atom is -0.330 e. The van der Waals surface area contributed by atoms with Crippen LogP contribution in [0.3, 0.4) is 0 Å². The highest BCUT2D eigenvalue weighted by Gasteiger charge is 2.36. The van der Waals surface area contributed by atoms with Crippen LogP contribution < -0.4 is 0 Å². The van der Waals surface area contributed by atoms with E-state index in [1.54, 1.807) is 4.90 Å². The average molecular weight is 462 g/mol. The van der Waals surface area contributed by atoms with E-state index >= 15 is 0 Å². The number of nitrogens with zero attached hydrogens (tertiary/aromatic N) is 1. The van der Waals surface area contributed by atoms with E-state index in [4.69, 9.17) is 11.6 Å².